The summed E-state index contributed by atoms with van der Waals surface area (Å²) in [5.74, 6) is -0.511. The van der Waals surface area contributed by atoms with Crippen molar-refractivity contribution in [1.29, 1.82) is 0 Å². The zero-order valence-corrected chi connectivity index (χ0v) is 21.2. The first kappa shape index (κ1) is 27.0. The molecule has 13 heteroatoms. The molecule has 0 radical (unpaired) electrons. The van der Waals surface area contributed by atoms with Crippen molar-refractivity contribution in [2.45, 2.75) is 24.9 Å². The Bertz CT molecular complexity index is 1170. The van der Waals surface area contributed by atoms with Gasteiger partial charge < -0.3 is 4.74 Å². The first-order valence-corrected chi connectivity index (χ1v) is 11.3. The third-order valence-electron chi connectivity index (χ3n) is 4.83. The number of ether oxygens (including phenoxy) is 1. The fourth-order valence-electron chi connectivity index (χ4n) is 3.19. The number of Topliss-reactive ketones (excluding diaryl/α,β-unsaturated/α-hetero) is 1. The number of hydrogen-bond donors (Lipinski definition) is 2. The molecule has 0 aliphatic carbocycles. The van der Waals surface area contributed by atoms with E-state index < -0.39 is 23.8 Å². The summed E-state index contributed by atoms with van der Waals surface area (Å²) < 4.78 is 47.9. The monoisotopic (exact) mass is 572 g/mol. The van der Waals surface area contributed by atoms with E-state index >= 15 is 0 Å². The van der Waals surface area contributed by atoms with Gasteiger partial charge in [-0.1, -0.05) is 52.5 Å². The lowest BCUT2D eigenvalue weighted by molar-refractivity contribution is -0.269. The van der Waals surface area contributed by atoms with Crippen molar-refractivity contribution < 1.29 is 27.5 Å². The standard InChI is InChI=1S/C21H15Cl4F3N2O3S/c1-9(34)32-19(29-2)18(31)12-4-3-10(5-13(12)22)16-8-20(33-30-16,21(26,27)28)11-6-14(23)17(25)15(24)7-11/h3-8,19,29-30H,1-2H3. The second-order valence-corrected chi connectivity index (χ2v) is 9.26. The number of alkyl halides is 3. The molecule has 0 saturated heterocycles. The number of rotatable bonds is 6. The second-order valence-electron chi connectivity index (χ2n) is 7.09. The van der Waals surface area contributed by atoms with Gasteiger partial charge in [-0.15, -0.1) is 0 Å². The number of hydrogen-bond acceptors (Lipinski definition) is 6. The van der Waals surface area contributed by atoms with Gasteiger partial charge >= 0.3 is 6.18 Å². The molecule has 0 bridgehead atoms. The van der Waals surface area contributed by atoms with Gasteiger partial charge in [-0.25, -0.2) is 0 Å². The van der Waals surface area contributed by atoms with E-state index in [1.54, 1.807) is 0 Å². The SMILES string of the molecule is CNC(OC(C)=S)C(=O)c1ccc(C2=CC(c3cc(Cl)c(Cl)c(Cl)c3)(C(F)(F)F)ON2)cc1Cl. The molecule has 0 saturated carbocycles. The van der Waals surface area contributed by atoms with Gasteiger partial charge in [-0.05, 0) is 49.6 Å². The summed E-state index contributed by atoms with van der Waals surface area (Å²) in [6.45, 7) is 1.50. The molecule has 182 valence electrons. The van der Waals surface area contributed by atoms with Crippen molar-refractivity contribution in [1.82, 2.24) is 10.8 Å². The summed E-state index contributed by atoms with van der Waals surface area (Å²) in [5, 5.41) is 2.37. The van der Waals surface area contributed by atoms with Crippen LogP contribution < -0.4 is 10.8 Å². The molecule has 0 spiro atoms. The van der Waals surface area contributed by atoms with Crippen LogP contribution in [0.2, 0.25) is 20.1 Å². The number of thiocarbonyl (C=S) groups is 1. The van der Waals surface area contributed by atoms with Gasteiger partial charge in [-0.2, -0.15) is 13.2 Å². The van der Waals surface area contributed by atoms with Gasteiger partial charge in [0.15, 0.2) is 5.05 Å². The van der Waals surface area contributed by atoms with Crippen LogP contribution >= 0.6 is 58.6 Å². The molecule has 3 rings (SSSR count). The number of carbonyl (C=O) groups excluding carboxylic acids is 1. The van der Waals surface area contributed by atoms with Crippen LogP contribution in [0.3, 0.4) is 0 Å². The van der Waals surface area contributed by atoms with E-state index in [1.165, 1.54) is 32.2 Å². The summed E-state index contributed by atoms with van der Waals surface area (Å²) in [5.41, 5.74) is -0.750. The smallest absolute Gasteiger partial charge is 0.428 e. The lowest BCUT2D eigenvalue weighted by Crippen LogP contribution is -2.42. The lowest BCUT2D eigenvalue weighted by atomic mass is 9.91. The van der Waals surface area contributed by atoms with Crippen molar-refractivity contribution in [3.05, 3.63) is 73.2 Å². The van der Waals surface area contributed by atoms with Gasteiger partial charge in [0, 0.05) is 23.6 Å². The van der Waals surface area contributed by atoms with E-state index in [-0.39, 0.29) is 47.5 Å². The van der Waals surface area contributed by atoms with Gasteiger partial charge in [0.25, 0.3) is 0 Å². The number of carbonyl (C=O) groups is 1. The van der Waals surface area contributed by atoms with E-state index in [9.17, 15) is 18.0 Å². The van der Waals surface area contributed by atoms with Crippen LogP contribution in [0.5, 0.6) is 0 Å². The topological polar surface area (TPSA) is 59.6 Å². The molecule has 5 nitrogen and oxygen atoms in total. The van der Waals surface area contributed by atoms with Gasteiger partial charge in [0.2, 0.25) is 17.6 Å². The number of benzene rings is 2. The Morgan fingerprint density at radius 1 is 1.15 bits per heavy atom. The lowest BCUT2D eigenvalue weighted by Gasteiger charge is -2.29. The fraction of sp³-hybridized carbons (Fsp3) is 0.238. The maximum Gasteiger partial charge on any atom is 0.428 e. The minimum Gasteiger partial charge on any atom is -0.461 e. The number of halogens is 7. The van der Waals surface area contributed by atoms with Crippen molar-refractivity contribution >= 4 is 75.2 Å². The van der Waals surface area contributed by atoms with Crippen molar-refractivity contribution in [2.75, 3.05) is 7.05 Å². The Morgan fingerprint density at radius 3 is 2.26 bits per heavy atom. The van der Waals surface area contributed by atoms with Gasteiger partial charge in [-0.3, -0.25) is 20.4 Å². The van der Waals surface area contributed by atoms with Crippen LogP contribution in [-0.2, 0) is 15.2 Å². The summed E-state index contributed by atoms with van der Waals surface area (Å²) in [7, 11) is 1.50. The number of ketones is 1. The molecule has 1 aliphatic rings. The van der Waals surface area contributed by atoms with Crippen molar-refractivity contribution in [3.63, 3.8) is 0 Å². The van der Waals surface area contributed by atoms with Crippen LogP contribution in [0.1, 0.15) is 28.4 Å². The Balaban J connectivity index is 2.02. The predicted octanol–water partition coefficient (Wildman–Crippen LogP) is 6.73. The number of hydroxylamine groups is 1. The van der Waals surface area contributed by atoms with Crippen LogP contribution in [0.25, 0.3) is 5.70 Å². The molecule has 0 aromatic heterocycles. The average molecular weight is 574 g/mol. The van der Waals surface area contributed by atoms with Crippen molar-refractivity contribution in [2.24, 2.45) is 0 Å². The first-order chi connectivity index (χ1) is 15.8. The van der Waals surface area contributed by atoms with E-state index in [0.717, 1.165) is 18.2 Å². The van der Waals surface area contributed by atoms with E-state index in [0.29, 0.717) is 0 Å². The minimum absolute atomic E-state index is 0.0156. The fourth-order valence-corrected chi connectivity index (χ4v) is 4.15. The molecule has 2 atom stereocenters. The molecular weight excluding hydrogens is 559 g/mol. The molecule has 2 aromatic carbocycles. The highest BCUT2D eigenvalue weighted by atomic mass is 35.5. The van der Waals surface area contributed by atoms with E-state index in [2.05, 4.69) is 10.8 Å². The first-order valence-electron chi connectivity index (χ1n) is 9.38. The minimum atomic E-state index is -4.90. The molecule has 1 heterocycles. The molecular formula is C21H15Cl4F3N2O3S. The molecule has 2 aromatic rings. The van der Waals surface area contributed by atoms with Crippen LogP contribution in [0.4, 0.5) is 13.2 Å². The molecule has 1 aliphatic heterocycles. The largest absolute Gasteiger partial charge is 0.461 e. The Morgan fingerprint density at radius 2 is 1.76 bits per heavy atom. The third kappa shape index (κ3) is 5.16. The second kappa shape index (κ2) is 10.2. The molecule has 34 heavy (non-hydrogen) atoms. The summed E-state index contributed by atoms with van der Waals surface area (Å²) in [6, 6.07) is 6.14. The average Bonchev–Trinajstić information content (AvgIpc) is 3.22. The summed E-state index contributed by atoms with van der Waals surface area (Å²) >= 11 is 28.9. The Labute approximate surface area is 218 Å². The van der Waals surface area contributed by atoms with Gasteiger partial charge in [0.05, 0.1) is 25.8 Å². The van der Waals surface area contributed by atoms with E-state index in [1.807, 2.05) is 0 Å². The Hall–Kier alpha value is -1.59. The van der Waals surface area contributed by atoms with Crippen LogP contribution in [0, 0.1) is 0 Å². The van der Waals surface area contributed by atoms with E-state index in [4.69, 9.17) is 68.2 Å². The highest BCUT2D eigenvalue weighted by molar-refractivity contribution is 7.80. The highest BCUT2D eigenvalue weighted by Crippen LogP contribution is 2.49. The maximum absolute atomic E-state index is 14.2. The third-order valence-corrected chi connectivity index (χ3v) is 6.44. The van der Waals surface area contributed by atoms with Gasteiger partial charge in [0.1, 0.15) is 0 Å². The zero-order valence-electron chi connectivity index (χ0n) is 17.3. The number of nitrogens with one attached hydrogen (secondary N) is 2. The Kier molecular flexibility index (Phi) is 8.09. The van der Waals surface area contributed by atoms with Crippen molar-refractivity contribution in [3.8, 4) is 0 Å². The predicted molar refractivity (Wildman–Crippen MR) is 129 cm³/mol. The molecule has 2 N–H and O–H groups in total. The molecule has 0 amide bonds. The summed E-state index contributed by atoms with van der Waals surface area (Å²) in [6.07, 6.45) is -5.16. The maximum atomic E-state index is 14.2. The molecule has 0 fully saturated rings. The van der Waals surface area contributed by atoms with Crippen LogP contribution in [0.15, 0.2) is 36.4 Å². The summed E-state index contributed by atoms with van der Waals surface area (Å²) in [4.78, 5) is 17.7. The quantitative estimate of drug-likeness (QED) is 0.173. The molecule has 2 unspecified atom stereocenters. The zero-order chi connectivity index (χ0) is 25.4. The highest BCUT2D eigenvalue weighted by Gasteiger charge is 2.59. The normalized spacial score (nSPS) is 18.8. The van der Waals surface area contributed by atoms with Crippen LogP contribution in [-0.4, -0.2) is 30.3 Å². The number of likely N-dealkylation sites (N-methyl/N-ethyl adjacent to an activating group) is 1.